The number of rotatable bonds is 3. The Morgan fingerprint density at radius 3 is 2.64 bits per heavy atom. The molecule has 1 aliphatic heterocycles. The number of carbonyl (C=O) groups is 1. The Morgan fingerprint density at radius 2 is 2.07 bits per heavy atom. The molecule has 5 rings (SSSR count). The number of nitrogens with zero attached hydrogens (tertiary/aromatic N) is 2. The fourth-order valence-corrected chi connectivity index (χ4v) is 4.69. The second-order valence-corrected chi connectivity index (χ2v) is 8.38. The number of aromatic nitrogens is 1. The van der Waals surface area contributed by atoms with Crippen LogP contribution in [0.15, 0.2) is 17.1 Å². The van der Waals surface area contributed by atoms with Crippen LogP contribution in [0.1, 0.15) is 31.7 Å². The van der Waals surface area contributed by atoms with E-state index in [1.54, 1.807) is 9.47 Å². The van der Waals surface area contributed by atoms with Crippen molar-refractivity contribution in [1.82, 2.24) is 4.57 Å². The molecule has 1 aromatic carbocycles. The van der Waals surface area contributed by atoms with E-state index in [1.807, 2.05) is 0 Å². The molecule has 1 saturated heterocycles. The number of hydrogen-bond acceptors (Lipinski definition) is 5. The third-order valence-corrected chi connectivity index (χ3v) is 6.46. The van der Waals surface area contributed by atoms with Gasteiger partial charge in [0.25, 0.3) is 0 Å². The summed E-state index contributed by atoms with van der Waals surface area (Å²) in [6, 6.07) is 1.14. The minimum Gasteiger partial charge on any atom is -0.449 e. The maximum absolute atomic E-state index is 15.0. The predicted molar refractivity (Wildman–Crippen MR) is 100.0 cm³/mol. The summed E-state index contributed by atoms with van der Waals surface area (Å²) in [4.78, 5) is 25.3. The highest BCUT2D eigenvalue weighted by Gasteiger charge is 2.55. The second-order valence-electron chi connectivity index (χ2n) is 8.00. The molecule has 1 unspecified atom stereocenters. The third kappa shape index (κ3) is 2.58. The quantitative estimate of drug-likeness (QED) is 0.758. The van der Waals surface area contributed by atoms with Gasteiger partial charge in [-0.3, -0.25) is 4.79 Å². The molecular weight excluding hydrogens is 391 g/mol. The Labute approximate surface area is 163 Å². The molecule has 1 aromatic heterocycles. The standard InChI is InChI=1S/C19H18ClFN2O5/c20-14-15-10(17(25)12(28-18(26)27)6-23(15)9-1-2-9)5-11(21)16(14)22-7-13(24)19(8-22)3-4-19/h5-6,9,13,24H,1-4,7-8H2,(H,26,27). The van der Waals surface area contributed by atoms with Gasteiger partial charge in [-0.05, 0) is 31.7 Å². The lowest BCUT2D eigenvalue weighted by Crippen LogP contribution is -2.24. The maximum Gasteiger partial charge on any atom is 0.511 e. The highest BCUT2D eigenvalue weighted by Crippen LogP contribution is 2.54. The van der Waals surface area contributed by atoms with Gasteiger partial charge in [0.2, 0.25) is 5.43 Å². The number of fused-ring (bicyclic) bond motifs is 1. The van der Waals surface area contributed by atoms with Crippen LogP contribution in [0.25, 0.3) is 10.9 Å². The SMILES string of the molecule is O=C(O)Oc1cn(C2CC2)c2c(Cl)c(N3CC(O)C4(CC4)C3)c(F)cc2c1=O. The van der Waals surface area contributed by atoms with Crippen molar-refractivity contribution in [3.63, 3.8) is 0 Å². The lowest BCUT2D eigenvalue weighted by atomic mass is 10.0. The van der Waals surface area contributed by atoms with Crippen LogP contribution in [0.5, 0.6) is 5.75 Å². The molecular formula is C19H18ClFN2O5. The van der Waals surface area contributed by atoms with Gasteiger partial charge in [0.1, 0.15) is 5.82 Å². The number of aliphatic hydroxyl groups excluding tert-OH is 1. The van der Waals surface area contributed by atoms with Gasteiger partial charge in [0.05, 0.1) is 33.9 Å². The first-order valence-electron chi connectivity index (χ1n) is 9.21. The summed E-state index contributed by atoms with van der Waals surface area (Å²) in [5.41, 5.74) is -0.353. The zero-order valence-corrected chi connectivity index (χ0v) is 15.6. The maximum atomic E-state index is 15.0. The molecule has 28 heavy (non-hydrogen) atoms. The molecule has 2 N–H and O–H groups in total. The molecule has 0 amide bonds. The summed E-state index contributed by atoms with van der Waals surface area (Å²) in [7, 11) is 0. The number of aliphatic hydroxyl groups is 1. The Kier molecular flexibility index (Phi) is 3.70. The van der Waals surface area contributed by atoms with Crippen molar-refractivity contribution in [2.24, 2.45) is 5.41 Å². The van der Waals surface area contributed by atoms with Crippen molar-refractivity contribution >= 4 is 34.3 Å². The largest absolute Gasteiger partial charge is 0.511 e. The van der Waals surface area contributed by atoms with Gasteiger partial charge in [-0.25, -0.2) is 9.18 Å². The van der Waals surface area contributed by atoms with Gasteiger partial charge in [-0.2, -0.15) is 0 Å². The molecule has 2 aromatic rings. The number of halogens is 2. The number of pyridine rings is 1. The minimum atomic E-state index is -1.61. The van der Waals surface area contributed by atoms with Crippen LogP contribution < -0.4 is 15.1 Å². The Bertz CT molecular complexity index is 1080. The summed E-state index contributed by atoms with van der Waals surface area (Å²) in [5.74, 6) is -1.04. The first kappa shape index (κ1) is 17.8. The summed E-state index contributed by atoms with van der Waals surface area (Å²) in [6.07, 6.45) is 2.70. The number of β-amino-alcohol motifs (C(OH)–C–C–N with tert-alkyl or cyclic N) is 1. The number of hydrogen-bond donors (Lipinski definition) is 2. The zero-order chi connectivity index (χ0) is 19.8. The Morgan fingerprint density at radius 1 is 1.36 bits per heavy atom. The third-order valence-electron chi connectivity index (χ3n) is 6.10. The van der Waals surface area contributed by atoms with Crippen molar-refractivity contribution in [3.8, 4) is 5.75 Å². The molecule has 1 spiro atoms. The molecule has 1 atom stereocenters. The molecule has 3 aliphatic rings. The van der Waals surface area contributed by atoms with Crippen LogP contribution in [0.3, 0.4) is 0 Å². The van der Waals surface area contributed by atoms with E-state index in [4.69, 9.17) is 16.7 Å². The normalized spacial score (nSPS) is 22.8. The van der Waals surface area contributed by atoms with Crippen LogP contribution in [0.4, 0.5) is 14.9 Å². The fraction of sp³-hybridized carbons (Fsp3) is 0.474. The van der Waals surface area contributed by atoms with Crippen LogP contribution in [0.2, 0.25) is 5.02 Å². The van der Waals surface area contributed by atoms with Crippen LogP contribution in [-0.2, 0) is 0 Å². The van der Waals surface area contributed by atoms with Gasteiger partial charge in [0, 0.05) is 24.5 Å². The van der Waals surface area contributed by atoms with E-state index < -0.39 is 23.5 Å². The molecule has 2 saturated carbocycles. The number of ether oxygens (including phenoxy) is 1. The van der Waals surface area contributed by atoms with Gasteiger partial charge in [0.15, 0.2) is 5.75 Å². The van der Waals surface area contributed by atoms with E-state index in [1.165, 1.54) is 6.20 Å². The van der Waals surface area contributed by atoms with Crippen LogP contribution in [-0.4, -0.2) is 40.1 Å². The monoisotopic (exact) mass is 408 g/mol. The van der Waals surface area contributed by atoms with Crippen LogP contribution >= 0.6 is 11.6 Å². The molecule has 0 bridgehead atoms. The first-order valence-corrected chi connectivity index (χ1v) is 9.59. The van der Waals surface area contributed by atoms with E-state index >= 15 is 4.39 Å². The first-order chi connectivity index (χ1) is 13.3. The lowest BCUT2D eigenvalue weighted by molar-refractivity contribution is 0.136. The van der Waals surface area contributed by atoms with Crippen molar-refractivity contribution in [1.29, 1.82) is 0 Å². The van der Waals surface area contributed by atoms with Crippen molar-refractivity contribution in [2.75, 3.05) is 18.0 Å². The summed E-state index contributed by atoms with van der Waals surface area (Å²) >= 11 is 6.62. The van der Waals surface area contributed by atoms with Gasteiger partial charge < -0.3 is 24.4 Å². The summed E-state index contributed by atoms with van der Waals surface area (Å²) < 4.78 is 21.4. The van der Waals surface area contributed by atoms with E-state index in [0.717, 1.165) is 31.7 Å². The van der Waals surface area contributed by atoms with Gasteiger partial charge >= 0.3 is 6.16 Å². The highest BCUT2D eigenvalue weighted by atomic mass is 35.5. The molecule has 0 radical (unpaired) electrons. The molecule has 2 heterocycles. The van der Waals surface area contributed by atoms with Gasteiger partial charge in [-0.1, -0.05) is 11.6 Å². The fourth-order valence-electron chi connectivity index (χ4n) is 4.28. The summed E-state index contributed by atoms with van der Waals surface area (Å²) in [5, 5.41) is 19.3. The van der Waals surface area contributed by atoms with Gasteiger partial charge in [-0.15, -0.1) is 0 Å². The average Bonchev–Trinajstić information content (AvgIpc) is 3.51. The van der Waals surface area contributed by atoms with Crippen molar-refractivity contribution < 1.29 is 24.1 Å². The summed E-state index contributed by atoms with van der Waals surface area (Å²) in [6.45, 7) is 0.806. The average molecular weight is 409 g/mol. The highest BCUT2D eigenvalue weighted by molar-refractivity contribution is 6.38. The molecule has 3 fully saturated rings. The topological polar surface area (TPSA) is 92.0 Å². The second kappa shape index (κ2) is 5.84. The van der Waals surface area contributed by atoms with E-state index in [2.05, 4.69) is 4.74 Å². The minimum absolute atomic E-state index is 0.0159. The van der Waals surface area contributed by atoms with E-state index in [-0.39, 0.29) is 39.8 Å². The van der Waals surface area contributed by atoms with Crippen molar-refractivity contribution in [3.05, 3.63) is 33.3 Å². The molecule has 7 nitrogen and oxygen atoms in total. The van der Waals surface area contributed by atoms with E-state index in [0.29, 0.717) is 12.1 Å². The Balaban J connectivity index is 1.71. The van der Waals surface area contributed by atoms with E-state index in [9.17, 15) is 14.7 Å². The number of carboxylic acid groups (broad SMARTS) is 1. The Hall–Kier alpha value is -2.32. The smallest absolute Gasteiger partial charge is 0.449 e. The lowest BCUT2D eigenvalue weighted by Gasteiger charge is -2.23. The zero-order valence-electron chi connectivity index (χ0n) is 14.8. The molecule has 9 heteroatoms. The van der Waals surface area contributed by atoms with Crippen LogP contribution in [0, 0.1) is 11.2 Å². The number of benzene rings is 1. The van der Waals surface area contributed by atoms with Crippen molar-refractivity contribution in [2.45, 2.75) is 37.8 Å². The molecule has 2 aliphatic carbocycles. The molecule has 148 valence electrons. The predicted octanol–water partition coefficient (Wildman–Crippen LogP) is 3.15. The number of anilines is 1.